The van der Waals surface area contributed by atoms with Crippen LogP contribution in [0.15, 0.2) is 22.5 Å². The van der Waals surface area contributed by atoms with Crippen molar-refractivity contribution in [1.29, 1.82) is 0 Å². The Morgan fingerprint density at radius 1 is 1.75 bits per heavy atom. The standard InChI is InChI=1S/C12H14BrNOS/c1-3-6-14(9-4-5-9)12(15)10-7-8(2)11(13)16-10/h3,7,9H,1,4-6H2,2H3. The number of rotatable bonds is 4. The van der Waals surface area contributed by atoms with E-state index in [-0.39, 0.29) is 5.91 Å². The van der Waals surface area contributed by atoms with Crippen LogP contribution in [0, 0.1) is 6.92 Å². The summed E-state index contributed by atoms with van der Waals surface area (Å²) in [5, 5.41) is 0. The van der Waals surface area contributed by atoms with Crippen LogP contribution in [0.4, 0.5) is 0 Å². The molecule has 1 fully saturated rings. The second-order valence-corrected chi connectivity index (χ2v) is 6.41. The van der Waals surface area contributed by atoms with Crippen LogP contribution < -0.4 is 0 Å². The molecule has 86 valence electrons. The maximum atomic E-state index is 12.2. The van der Waals surface area contributed by atoms with Crippen LogP contribution in [-0.4, -0.2) is 23.4 Å². The third-order valence-electron chi connectivity index (χ3n) is 2.64. The fourth-order valence-electron chi connectivity index (χ4n) is 1.63. The first-order valence-electron chi connectivity index (χ1n) is 5.31. The highest BCUT2D eigenvalue weighted by atomic mass is 79.9. The summed E-state index contributed by atoms with van der Waals surface area (Å²) in [5.41, 5.74) is 1.13. The number of thiophene rings is 1. The van der Waals surface area contributed by atoms with Crippen molar-refractivity contribution in [3.8, 4) is 0 Å². The predicted octanol–water partition coefficient (Wildman–Crippen LogP) is 3.61. The van der Waals surface area contributed by atoms with Gasteiger partial charge in [-0.2, -0.15) is 0 Å². The van der Waals surface area contributed by atoms with Gasteiger partial charge in [-0.1, -0.05) is 6.08 Å². The second kappa shape index (κ2) is 4.72. The highest BCUT2D eigenvalue weighted by Gasteiger charge is 2.32. The van der Waals surface area contributed by atoms with E-state index < -0.39 is 0 Å². The summed E-state index contributed by atoms with van der Waals surface area (Å²) in [6.45, 7) is 6.37. The Kier molecular flexibility index (Phi) is 3.50. The SMILES string of the molecule is C=CCN(C(=O)c1cc(C)c(Br)s1)C1CC1. The molecule has 0 saturated heterocycles. The van der Waals surface area contributed by atoms with Crippen molar-refractivity contribution < 1.29 is 4.79 Å². The molecule has 2 nitrogen and oxygen atoms in total. The zero-order valence-electron chi connectivity index (χ0n) is 9.20. The molecule has 0 spiro atoms. The van der Waals surface area contributed by atoms with E-state index in [0.29, 0.717) is 12.6 Å². The molecule has 0 bridgehead atoms. The van der Waals surface area contributed by atoms with E-state index in [9.17, 15) is 4.79 Å². The molecule has 1 amide bonds. The van der Waals surface area contributed by atoms with Gasteiger partial charge in [0, 0.05) is 12.6 Å². The normalized spacial score (nSPS) is 14.9. The van der Waals surface area contributed by atoms with Crippen LogP contribution in [0.2, 0.25) is 0 Å². The zero-order valence-corrected chi connectivity index (χ0v) is 11.6. The Balaban J connectivity index is 2.18. The lowest BCUT2D eigenvalue weighted by molar-refractivity contribution is 0.0767. The number of amides is 1. The number of hydrogen-bond donors (Lipinski definition) is 0. The van der Waals surface area contributed by atoms with E-state index in [0.717, 1.165) is 27.1 Å². The fourth-order valence-corrected chi connectivity index (χ4v) is 3.12. The lowest BCUT2D eigenvalue weighted by Gasteiger charge is -2.19. The number of aryl methyl sites for hydroxylation is 1. The molecule has 2 rings (SSSR count). The number of carbonyl (C=O) groups excluding carboxylic acids is 1. The minimum Gasteiger partial charge on any atom is -0.331 e. The molecule has 4 heteroatoms. The van der Waals surface area contributed by atoms with Crippen molar-refractivity contribution in [3.05, 3.63) is 32.9 Å². The first-order chi connectivity index (χ1) is 7.63. The van der Waals surface area contributed by atoms with Crippen molar-refractivity contribution in [2.75, 3.05) is 6.54 Å². The van der Waals surface area contributed by atoms with Gasteiger partial charge in [0.15, 0.2) is 0 Å². The molecule has 1 aliphatic rings. The largest absolute Gasteiger partial charge is 0.331 e. The molecule has 0 aromatic carbocycles. The number of hydrogen-bond acceptors (Lipinski definition) is 2. The molecule has 0 radical (unpaired) electrons. The molecule has 0 aliphatic heterocycles. The molecule has 1 aromatic rings. The summed E-state index contributed by atoms with van der Waals surface area (Å²) < 4.78 is 1.05. The Morgan fingerprint density at radius 2 is 2.44 bits per heavy atom. The molecule has 1 aromatic heterocycles. The van der Waals surface area contributed by atoms with Gasteiger partial charge in [0.25, 0.3) is 5.91 Å². The van der Waals surface area contributed by atoms with Gasteiger partial charge in [-0.05, 0) is 47.3 Å². The minimum absolute atomic E-state index is 0.140. The maximum Gasteiger partial charge on any atom is 0.264 e. The van der Waals surface area contributed by atoms with Crippen molar-refractivity contribution in [1.82, 2.24) is 4.90 Å². The average molecular weight is 300 g/mol. The minimum atomic E-state index is 0.140. The monoisotopic (exact) mass is 299 g/mol. The van der Waals surface area contributed by atoms with Crippen molar-refractivity contribution in [3.63, 3.8) is 0 Å². The number of halogens is 1. The van der Waals surface area contributed by atoms with E-state index in [1.165, 1.54) is 11.3 Å². The second-order valence-electron chi connectivity index (χ2n) is 4.04. The highest BCUT2D eigenvalue weighted by Crippen LogP contribution is 2.32. The van der Waals surface area contributed by atoms with Crippen molar-refractivity contribution in [2.24, 2.45) is 0 Å². The van der Waals surface area contributed by atoms with Crippen LogP contribution in [0.1, 0.15) is 28.1 Å². The molecule has 0 N–H and O–H groups in total. The van der Waals surface area contributed by atoms with Gasteiger partial charge in [-0.15, -0.1) is 17.9 Å². The summed E-state index contributed by atoms with van der Waals surface area (Å²) in [4.78, 5) is 15.0. The lowest BCUT2D eigenvalue weighted by Crippen LogP contribution is -2.32. The predicted molar refractivity (Wildman–Crippen MR) is 71.0 cm³/mol. The third-order valence-corrected chi connectivity index (χ3v) is 4.77. The first-order valence-corrected chi connectivity index (χ1v) is 6.92. The summed E-state index contributed by atoms with van der Waals surface area (Å²) in [6.07, 6.45) is 4.06. The molecule has 1 heterocycles. The van der Waals surface area contributed by atoms with E-state index >= 15 is 0 Å². The highest BCUT2D eigenvalue weighted by molar-refractivity contribution is 9.11. The van der Waals surface area contributed by atoms with Crippen LogP contribution in [0.25, 0.3) is 0 Å². The third kappa shape index (κ3) is 2.38. The topological polar surface area (TPSA) is 20.3 Å². The summed E-state index contributed by atoms with van der Waals surface area (Å²) >= 11 is 4.97. The molecule has 0 unspecified atom stereocenters. The summed E-state index contributed by atoms with van der Waals surface area (Å²) in [6, 6.07) is 2.39. The van der Waals surface area contributed by atoms with Gasteiger partial charge in [-0.3, -0.25) is 4.79 Å². The molecular weight excluding hydrogens is 286 g/mol. The fraction of sp³-hybridized carbons (Fsp3) is 0.417. The Labute approximate surface area is 108 Å². The van der Waals surface area contributed by atoms with Gasteiger partial charge in [-0.25, -0.2) is 0 Å². The van der Waals surface area contributed by atoms with Crippen LogP contribution in [0.5, 0.6) is 0 Å². The number of nitrogens with zero attached hydrogens (tertiary/aromatic N) is 1. The summed E-state index contributed by atoms with van der Waals surface area (Å²) in [5.74, 6) is 0.140. The zero-order chi connectivity index (χ0) is 11.7. The molecule has 16 heavy (non-hydrogen) atoms. The van der Waals surface area contributed by atoms with Gasteiger partial charge in [0.05, 0.1) is 8.66 Å². The Hall–Kier alpha value is -0.610. The first kappa shape index (κ1) is 11.9. The van der Waals surface area contributed by atoms with Crippen LogP contribution in [0.3, 0.4) is 0 Å². The Morgan fingerprint density at radius 3 is 2.88 bits per heavy atom. The smallest absolute Gasteiger partial charge is 0.264 e. The molecule has 0 atom stereocenters. The lowest BCUT2D eigenvalue weighted by atomic mass is 10.3. The van der Waals surface area contributed by atoms with Gasteiger partial charge in [0.2, 0.25) is 0 Å². The quantitative estimate of drug-likeness (QED) is 0.778. The average Bonchev–Trinajstić information content (AvgIpc) is 3.02. The number of carbonyl (C=O) groups is 1. The summed E-state index contributed by atoms with van der Waals surface area (Å²) in [7, 11) is 0. The molecular formula is C12H14BrNOS. The maximum absolute atomic E-state index is 12.2. The van der Waals surface area contributed by atoms with Crippen molar-refractivity contribution in [2.45, 2.75) is 25.8 Å². The van der Waals surface area contributed by atoms with Gasteiger partial charge in [0.1, 0.15) is 0 Å². The van der Waals surface area contributed by atoms with Crippen LogP contribution in [-0.2, 0) is 0 Å². The van der Waals surface area contributed by atoms with E-state index in [1.54, 1.807) is 6.08 Å². The molecule has 1 saturated carbocycles. The van der Waals surface area contributed by atoms with E-state index in [1.807, 2.05) is 17.9 Å². The van der Waals surface area contributed by atoms with Crippen LogP contribution >= 0.6 is 27.3 Å². The Bertz CT molecular complexity index is 403. The van der Waals surface area contributed by atoms with Gasteiger partial charge >= 0.3 is 0 Å². The van der Waals surface area contributed by atoms with Gasteiger partial charge < -0.3 is 4.90 Å². The molecule has 1 aliphatic carbocycles. The van der Waals surface area contributed by atoms with E-state index in [2.05, 4.69) is 22.5 Å². The van der Waals surface area contributed by atoms with E-state index in [4.69, 9.17) is 0 Å². The van der Waals surface area contributed by atoms with Crippen molar-refractivity contribution >= 4 is 33.2 Å².